The highest BCUT2D eigenvalue weighted by molar-refractivity contribution is 5.79. The molecule has 1 aliphatic heterocycles. The fourth-order valence-electron chi connectivity index (χ4n) is 5.03. The standard InChI is InChI=1S/C26H34N2O/c1-19-14-20(2)16-24(15-19)22-11-9-21(10-12-22)17-28-13-5-8-25(18-28)27-26(29)23-6-3-4-7-23/h9-12,14-16,23,25H,3-8,13,17-18H2,1-2H3,(H,27,29). The molecular weight excluding hydrogens is 356 g/mol. The van der Waals surface area contributed by atoms with Gasteiger partial charge in [-0.05, 0) is 62.8 Å². The highest BCUT2D eigenvalue weighted by Crippen LogP contribution is 2.26. The maximum absolute atomic E-state index is 12.5. The van der Waals surface area contributed by atoms with E-state index in [-0.39, 0.29) is 5.92 Å². The van der Waals surface area contributed by atoms with Crippen LogP contribution in [0.2, 0.25) is 0 Å². The van der Waals surface area contributed by atoms with E-state index < -0.39 is 0 Å². The van der Waals surface area contributed by atoms with Crippen LogP contribution in [0, 0.1) is 19.8 Å². The molecule has 1 saturated carbocycles. The molecule has 2 aromatic carbocycles. The Morgan fingerprint density at radius 1 is 0.931 bits per heavy atom. The molecule has 1 heterocycles. The number of aryl methyl sites for hydroxylation is 2. The van der Waals surface area contributed by atoms with Crippen molar-refractivity contribution in [1.82, 2.24) is 10.2 Å². The number of hydrogen-bond acceptors (Lipinski definition) is 2. The Hall–Kier alpha value is -2.13. The maximum Gasteiger partial charge on any atom is 0.223 e. The van der Waals surface area contributed by atoms with Gasteiger partial charge in [-0.25, -0.2) is 0 Å². The summed E-state index contributed by atoms with van der Waals surface area (Å²) in [6, 6.07) is 16.0. The number of rotatable bonds is 5. The molecule has 0 radical (unpaired) electrons. The normalized spacial score (nSPS) is 20.7. The molecule has 2 aromatic rings. The van der Waals surface area contributed by atoms with E-state index in [0.717, 1.165) is 45.3 Å². The van der Waals surface area contributed by atoms with E-state index in [1.165, 1.54) is 40.7 Å². The highest BCUT2D eigenvalue weighted by Gasteiger charge is 2.27. The number of benzene rings is 2. The van der Waals surface area contributed by atoms with Gasteiger partial charge in [0, 0.05) is 25.0 Å². The first-order valence-corrected chi connectivity index (χ1v) is 11.3. The van der Waals surface area contributed by atoms with Crippen LogP contribution >= 0.6 is 0 Å². The van der Waals surface area contributed by atoms with E-state index >= 15 is 0 Å². The average Bonchev–Trinajstić information content (AvgIpc) is 3.23. The smallest absolute Gasteiger partial charge is 0.223 e. The number of nitrogens with one attached hydrogen (secondary N) is 1. The molecule has 0 aromatic heterocycles. The van der Waals surface area contributed by atoms with Crippen LogP contribution in [0.3, 0.4) is 0 Å². The zero-order valence-electron chi connectivity index (χ0n) is 17.9. The molecule has 1 unspecified atom stereocenters. The molecule has 1 amide bonds. The van der Waals surface area contributed by atoms with Crippen molar-refractivity contribution >= 4 is 5.91 Å². The summed E-state index contributed by atoms with van der Waals surface area (Å²) in [5.41, 5.74) is 6.54. The molecule has 2 aliphatic rings. The number of nitrogens with zero attached hydrogens (tertiary/aromatic N) is 1. The van der Waals surface area contributed by atoms with Crippen LogP contribution in [0.25, 0.3) is 11.1 Å². The molecule has 3 heteroatoms. The fourth-order valence-corrected chi connectivity index (χ4v) is 5.03. The second-order valence-electron chi connectivity index (χ2n) is 9.14. The van der Waals surface area contributed by atoms with E-state index in [2.05, 4.69) is 66.5 Å². The van der Waals surface area contributed by atoms with Crippen LogP contribution in [0.4, 0.5) is 0 Å². The molecule has 1 saturated heterocycles. The summed E-state index contributed by atoms with van der Waals surface area (Å²) in [5.74, 6) is 0.565. The number of amides is 1. The SMILES string of the molecule is Cc1cc(C)cc(-c2ccc(CN3CCCC(NC(=O)C4CCCC4)C3)cc2)c1. The van der Waals surface area contributed by atoms with E-state index in [0.29, 0.717) is 11.9 Å². The quantitative estimate of drug-likeness (QED) is 0.757. The zero-order chi connectivity index (χ0) is 20.2. The third-order valence-corrected chi connectivity index (χ3v) is 6.49. The van der Waals surface area contributed by atoms with Crippen LogP contribution < -0.4 is 5.32 Å². The first-order valence-electron chi connectivity index (χ1n) is 11.3. The van der Waals surface area contributed by atoms with Gasteiger partial charge in [0.1, 0.15) is 0 Å². The van der Waals surface area contributed by atoms with Gasteiger partial charge >= 0.3 is 0 Å². The number of hydrogen-bond donors (Lipinski definition) is 1. The van der Waals surface area contributed by atoms with Crippen molar-refractivity contribution in [2.75, 3.05) is 13.1 Å². The summed E-state index contributed by atoms with van der Waals surface area (Å²) in [7, 11) is 0. The first-order chi connectivity index (χ1) is 14.1. The van der Waals surface area contributed by atoms with Crippen LogP contribution in [-0.2, 0) is 11.3 Å². The Balaban J connectivity index is 1.34. The van der Waals surface area contributed by atoms with Gasteiger partial charge < -0.3 is 5.32 Å². The van der Waals surface area contributed by atoms with Crippen LogP contribution in [0.1, 0.15) is 55.2 Å². The Labute approximate surface area is 175 Å². The maximum atomic E-state index is 12.5. The number of carbonyl (C=O) groups excluding carboxylic acids is 1. The highest BCUT2D eigenvalue weighted by atomic mass is 16.1. The molecule has 0 bridgehead atoms. The number of piperidine rings is 1. The average molecular weight is 391 g/mol. The lowest BCUT2D eigenvalue weighted by Crippen LogP contribution is -2.48. The van der Waals surface area contributed by atoms with Gasteiger partial charge in [0.2, 0.25) is 5.91 Å². The summed E-state index contributed by atoms with van der Waals surface area (Å²) in [5, 5.41) is 3.34. The Kier molecular flexibility index (Phi) is 6.34. The molecule has 1 atom stereocenters. The fraction of sp³-hybridized carbons (Fsp3) is 0.500. The molecule has 0 spiro atoms. The van der Waals surface area contributed by atoms with E-state index in [1.54, 1.807) is 0 Å². The van der Waals surface area contributed by atoms with Gasteiger partial charge in [-0.3, -0.25) is 9.69 Å². The van der Waals surface area contributed by atoms with Crippen molar-refractivity contribution in [3.8, 4) is 11.1 Å². The third-order valence-electron chi connectivity index (χ3n) is 6.49. The first kappa shape index (κ1) is 20.2. The van der Waals surface area contributed by atoms with Gasteiger partial charge in [0.25, 0.3) is 0 Å². The van der Waals surface area contributed by atoms with Crippen molar-refractivity contribution in [2.24, 2.45) is 5.92 Å². The molecule has 3 nitrogen and oxygen atoms in total. The minimum absolute atomic E-state index is 0.267. The lowest BCUT2D eigenvalue weighted by Gasteiger charge is -2.33. The molecule has 2 fully saturated rings. The molecule has 29 heavy (non-hydrogen) atoms. The van der Waals surface area contributed by atoms with Crippen LogP contribution in [0.15, 0.2) is 42.5 Å². The topological polar surface area (TPSA) is 32.3 Å². The van der Waals surface area contributed by atoms with Gasteiger partial charge in [-0.15, -0.1) is 0 Å². The van der Waals surface area contributed by atoms with Gasteiger partial charge in [-0.2, -0.15) is 0 Å². The van der Waals surface area contributed by atoms with Crippen LogP contribution in [0.5, 0.6) is 0 Å². The second kappa shape index (κ2) is 9.13. The van der Waals surface area contributed by atoms with Crippen molar-refractivity contribution < 1.29 is 4.79 Å². The van der Waals surface area contributed by atoms with Gasteiger partial charge in [0.15, 0.2) is 0 Å². The summed E-state index contributed by atoms with van der Waals surface area (Å²) in [4.78, 5) is 15.0. The molecule has 1 aliphatic carbocycles. The Morgan fingerprint density at radius 2 is 1.62 bits per heavy atom. The number of carbonyl (C=O) groups is 1. The van der Waals surface area contributed by atoms with Crippen molar-refractivity contribution in [3.05, 3.63) is 59.2 Å². The minimum atomic E-state index is 0.267. The monoisotopic (exact) mass is 390 g/mol. The third kappa shape index (κ3) is 5.27. The second-order valence-corrected chi connectivity index (χ2v) is 9.14. The summed E-state index contributed by atoms with van der Waals surface area (Å²) < 4.78 is 0. The predicted octanol–water partition coefficient (Wildman–Crippen LogP) is 5.24. The molecular formula is C26H34N2O. The van der Waals surface area contributed by atoms with E-state index in [1.807, 2.05) is 0 Å². The van der Waals surface area contributed by atoms with Crippen LogP contribution in [-0.4, -0.2) is 29.9 Å². The molecule has 1 N–H and O–H groups in total. The Bertz CT molecular complexity index is 816. The minimum Gasteiger partial charge on any atom is -0.352 e. The van der Waals surface area contributed by atoms with Gasteiger partial charge in [0.05, 0.1) is 0 Å². The predicted molar refractivity (Wildman–Crippen MR) is 120 cm³/mol. The van der Waals surface area contributed by atoms with Gasteiger partial charge in [-0.1, -0.05) is 66.4 Å². The summed E-state index contributed by atoms with van der Waals surface area (Å²) in [6.45, 7) is 7.36. The Morgan fingerprint density at radius 3 is 2.31 bits per heavy atom. The van der Waals surface area contributed by atoms with E-state index in [9.17, 15) is 4.79 Å². The summed E-state index contributed by atoms with van der Waals surface area (Å²) >= 11 is 0. The van der Waals surface area contributed by atoms with Crippen molar-refractivity contribution in [3.63, 3.8) is 0 Å². The van der Waals surface area contributed by atoms with Crippen molar-refractivity contribution in [2.45, 2.75) is 65.0 Å². The van der Waals surface area contributed by atoms with Crippen molar-refractivity contribution in [1.29, 1.82) is 0 Å². The largest absolute Gasteiger partial charge is 0.352 e. The number of likely N-dealkylation sites (tertiary alicyclic amines) is 1. The lowest BCUT2D eigenvalue weighted by atomic mass is 9.99. The lowest BCUT2D eigenvalue weighted by molar-refractivity contribution is -0.125. The summed E-state index contributed by atoms with van der Waals surface area (Å²) in [6.07, 6.45) is 6.86. The molecule has 154 valence electrons. The zero-order valence-corrected chi connectivity index (χ0v) is 17.9. The molecule has 4 rings (SSSR count). The van der Waals surface area contributed by atoms with E-state index in [4.69, 9.17) is 0 Å².